The van der Waals surface area contributed by atoms with Crippen LogP contribution in [0.1, 0.15) is 24.1 Å². The predicted molar refractivity (Wildman–Crippen MR) is 91.3 cm³/mol. The lowest BCUT2D eigenvalue weighted by molar-refractivity contribution is -0.141. The van der Waals surface area contributed by atoms with Gasteiger partial charge in [0.2, 0.25) is 0 Å². The van der Waals surface area contributed by atoms with Gasteiger partial charge < -0.3 is 4.74 Å². The molecule has 21 heavy (non-hydrogen) atoms. The van der Waals surface area contributed by atoms with Crippen LogP contribution in [0.15, 0.2) is 24.3 Å². The summed E-state index contributed by atoms with van der Waals surface area (Å²) in [6.45, 7) is 0. The van der Waals surface area contributed by atoms with Gasteiger partial charge in [0.15, 0.2) is 0 Å². The molecule has 1 aliphatic rings. The van der Waals surface area contributed by atoms with Crippen LogP contribution in [0.3, 0.4) is 0 Å². The molecule has 0 N–H and O–H groups in total. The number of hydrogen-bond acceptors (Lipinski definition) is 4. The van der Waals surface area contributed by atoms with E-state index in [1.165, 1.54) is 16.7 Å². The normalized spacial score (nSPS) is 16.1. The van der Waals surface area contributed by atoms with Crippen molar-refractivity contribution in [1.82, 2.24) is 0 Å². The van der Waals surface area contributed by atoms with E-state index < -0.39 is 0 Å². The fourth-order valence-corrected chi connectivity index (χ4v) is 5.56. The SMILES string of the molecule is COC(=O)CC1(CSCc2sc3ccccc3c2Cl)CC1. The van der Waals surface area contributed by atoms with Crippen LogP contribution in [0.2, 0.25) is 5.02 Å². The molecule has 3 rings (SSSR count). The number of esters is 1. The fraction of sp³-hybridized carbons (Fsp3) is 0.438. The molecule has 2 aromatic rings. The number of halogens is 1. The van der Waals surface area contributed by atoms with E-state index in [2.05, 4.69) is 12.1 Å². The minimum atomic E-state index is -0.0898. The van der Waals surface area contributed by atoms with Gasteiger partial charge in [0.1, 0.15) is 0 Å². The third-order valence-electron chi connectivity index (χ3n) is 3.95. The molecule has 2 nitrogen and oxygen atoms in total. The monoisotopic (exact) mass is 340 g/mol. The van der Waals surface area contributed by atoms with Gasteiger partial charge in [0.05, 0.1) is 18.6 Å². The molecule has 0 radical (unpaired) electrons. The molecule has 0 unspecified atom stereocenters. The summed E-state index contributed by atoms with van der Waals surface area (Å²) < 4.78 is 6.03. The lowest BCUT2D eigenvalue weighted by Crippen LogP contribution is -2.13. The minimum Gasteiger partial charge on any atom is -0.469 e. The van der Waals surface area contributed by atoms with Gasteiger partial charge in [-0.2, -0.15) is 11.8 Å². The van der Waals surface area contributed by atoms with Gasteiger partial charge in [-0.15, -0.1) is 11.3 Å². The Bertz CT molecular complexity index is 661. The maximum Gasteiger partial charge on any atom is 0.306 e. The number of carbonyl (C=O) groups is 1. The Hall–Kier alpha value is -0.710. The number of fused-ring (bicyclic) bond motifs is 1. The van der Waals surface area contributed by atoms with Gasteiger partial charge in [-0.1, -0.05) is 29.8 Å². The van der Waals surface area contributed by atoms with Crippen LogP contribution in [0.5, 0.6) is 0 Å². The maximum absolute atomic E-state index is 11.4. The van der Waals surface area contributed by atoms with Crippen molar-refractivity contribution in [2.24, 2.45) is 5.41 Å². The van der Waals surface area contributed by atoms with E-state index in [1.807, 2.05) is 23.9 Å². The average Bonchev–Trinajstić information content (AvgIpc) is 3.17. The van der Waals surface area contributed by atoms with Gasteiger partial charge in [-0.3, -0.25) is 4.79 Å². The second-order valence-corrected chi connectivity index (χ2v) is 8.08. The molecule has 1 aromatic heterocycles. The van der Waals surface area contributed by atoms with Crippen molar-refractivity contribution in [1.29, 1.82) is 0 Å². The summed E-state index contributed by atoms with van der Waals surface area (Å²) in [5.41, 5.74) is 0.181. The lowest BCUT2D eigenvalue weighted by atomic mass is 10.1. The third kappa shape index (κ3) is 3.38. The van der Waals surface area contributed by atoms with Crippen LogP contribution in [-0.4, -0.2) is 18.8 Å². The lowest BCUT2D eigenvalue weighted by Gasteiger charge is -2.12. The van der Waals surface area contributed by atoms with Crippen LogP contribution in [0.4, 0.5) is 0 Å². The van der Waals surface area contributed by atoms with Crippen LogP contribution >= 0.6 is 34.7 Å². The number of ether oxygens (including phenoxy) is 1. The summed E-state index contributed by atoms with van der Waals surface area (Å²) in [5, 5.41) is 2.04. The number of rotatable bonds is 6. The van der Waals surface area contributed by atoms with Crippen molar-refractivity contribution in [3.05, 3.63) is 34.2 Å². The quantitative estimate of drug-likeness (QED) is 0.682. The average molecular weight is 341 g/mol. The predicted octanol–water partition coefficient (Wildman–Crippen LogP) is 5.13. The molecule has 0 saturated heterocycles. The summed E-state index contributed by atoms with van der Waals surface area (Å²) in [5.74, 6) is 1.83. The molecule has 1 aromatic carbocycles. The molecule has 0 spiro atoms. The van der Waals surface area contributed by atoms with Crippen molar-refractivity contribution in [3.8, 4) is 0 Å². The first-order chi connectivity index (χ1) is 10.1. The zero-order chi connectivity index (χ0) is 14.9. The molecule has 1 fully saturated rings. The molecule has 5 heteroatoms. The summed E-state index contributed by atoms with van der Waals surface area (Å²) in [7, 11) is 1.46. The Balaban J connectivity index is 1.60. The maximum atomic E-state index is 11.4. The molecule has 0 amide bonds. The highest BCUT2D eigenvalue weighted by molar-refractivity contribution is 7.98. The summed E-state index contributed by atoms with van der Waals surface area (Å²) in [4.78, 5) is 12.7. The molecular formula is C16H17ClO2S2. The standard InChI is InChI=1S/C16H17ClO2S2/c1-19-14(18)8-16(6-7-16)10-20-9-13-15(17)11-4-2-3-5-12(11)21-13/h2-5H,6-10H2,1H3. The number of benzene rings is 1. The van der Waals surface area contributed by atoms with Crippen molar-refractivity contribution in [2.45, 2.75) is 25.0 Å². The fourth-order valence-electron chi connectivity index (χ4n) is 2.45. The summed E-state index contributed by atoms with van der Waals surface area (Å²) in [6.07, 6.45) is 2.82. The Kier molecular flexibility index (Phi) is 4.48. The Labute approximate surface area is 137 Å². The summed E-state index contributed by atoms with van der Waals surface area (Å²) in [6, 6.07) is 8.25. The Morgan fingerprint density at radius 1 is 1.43 bits per heavy atom. The minimum absolute atomic E-state index is 0.0898. The van der Waals surface area contributed by atoms with E-state index >= 15 is 0 Å². The molecule has 1 heterocycles. The highest BCUT2D eigenvalue weighted by Crippen LogP contribution is 2.52. The second-order valence-electron chi connectivity index (χ2n) is 5.58. The number of methoxy groups -OCH3 is 1. The van der Waals surface area contributed by atoms with Crippen molar-refractivity contribution < 1.29 is 9.53 Å². The Morgan fingerprint density at radius 2 is 2.19 bits per heavy atom. The van der Waals surface area contributed by atoms with Crippen LogP contribution in [0.25, 0.3) is 10.1 Å². The number of carbonyl (C=O) groups excluding carboxylic acids is 1. The summed E-state index contributed by atoms with van der Waals surface area (Å²) >= 11 is 10.1. The molecule has 1 aliphatic carbocycles. The van der Waals surface area contributed by atoms with Gasteiger partial charge >= 0.3 is 5.97 Å². The van der Waals surface area contributed by atoms with Crippen LogP contribution < -0.4 is 0 Å². The first-order valence-electron chi connectivity index (χ1n) is 6.94. The molecule has 0 bridgehead atoms. The highest BCUT2D eigenvalue weighted by atomic mass is 35.5. The number of thiophene rings is 1. The molecule has 112 valence electrons. The van der Waals surface area contributed by atoms with E-state index in [1.54, 1.807) is 11.3 Å². The molecule has 0 aliphatic heterocycles. The van der Waals surface area contributed by atoms with Crippen LogP contribution in [0, 0.1) is 5.41 Å². The van der Waals surface area contributed by atoms with E-state index in [9.17, 15) is 4.79 Å². The van der Waals surface area contributed by atoms with Gasteiger partial charge in [-0.05, 0) is 30.1 Å². The van der Waals surface area contributed by atoms with Crippen molar-refractivity contribution in [3.63, 3.8) is 0 Å². The van der Waals surface area contributed by atoms with Gasteiger partial charge in [0.25, 0.3) is 0 Å². The smallest absolute Gasteiger partial charge is 0.306 e. The molecule has 0 atom stereocenters. The highest BCUT2D eigenvalue weighted by Gasteiger charge is 2.44. The van der Waals surface area contributed by atoms with Crippen molar-refractivity contribution in [2.75, 3.05) is 12.9 Å². The molecular weight excluding hydrogens is 324 g/mol. The van der Waals surface area contributed by atoms with Crippen molar-refractivity contribution >= 4 is 50.8 Å². The van der Waals surface area contributed by atoms with E-state index in [-0.39, 0.29) is 11.4 Å². The van der Waals surface area contributed by atoms with Gasteiger partial charge in [-0.25, -0.2) is 0 Å². The van der Waals surface area contributed by atoms with Gasteiger partial charge in [0, 0.05) is 20.7 Å². The zero-order valence-electron chi connectivity index (χ0n) is 11.9. The first-order valence-corrected chi connectivity index (χ1v) is 9.29. The topological polar surface area (TPSA) is 26.3 Å². The Morgan fingerprint density at radius 3 is 2.86 bits per heavy atom. The number of thioether (sulfide) groups is 1. The zero-order valence-corrected chi connectivity index (χ0v) is 14.2. The third-order valence-corrected chi connectivity index (χ3v) is 7.15. The largest absolute Gasteiger partial charge is 0.469 e. The van der Waals surface area contributed by atoms with Crippen LogP contribution in [-0.2, 0) is 15.3 Å². The van der Waals surface area contributed by atoms with E-state index in [0.717, 1.165) is 34.8 Å². The second kappa shape index (κ2) is 6.19. The van der Waals surface area contributed by atoms with E-state index in [4.69, 9.17) is 16.3 Å². The first kappa shape index (κ1) is 15.2. The number of hydrogen-bond donors (Lipinski definition) is 0. The molecule has 1 saturated carbocycles. The van der Waals surface area contributed by atoms with E-state index in [0.29, 0.717) is 6.42 Å².